The Bertz CT molecular complexity index is 388. The number of fused-ring (bicyclic) bond motifs is 1. The van der Waals surface area contributed by atoms with E-state index in [-0.39, 0.29) is 0 Å². The van der Waals surface area contributed by atoms with Crippen molar-refractivity contribution < 1.29 is 4.74 Å². The van der Waals surface area contributed by atoms with Gasteiger partial charge in [0.1, 0.15) is 5.82 Å². The lowest BCUT2D eigenvalue weighted by Crippen LogP contribution is -2.14. The number of hydrogen-bond acceptors (Lipinski definition) is 4. The molecular weight excluding hydrogens is 190 g/mol. The number of hydrogen-bond donors (Lipinski definition) is 1. The van der Waals surface area contributed by atoms with Gasteiger partial charge in [-0.15, -0.1) is 0 Å². The molecule has 0 spiro atoms. The molecule has 4 heteroatoms. The molecular formula is C11H15N3O. The molecule has 15 heavy (non-hydrogen) atoms. The van der Waals surface area contributed by atoms with Crippen LogP contribution in [-0.4, -0.2) is 17.1 Å². The van der Waals surface area contributed by atoms with Crippen LogP contribution in [0, 0.1) is 0 Å². The topological polar surface area (TPSA) is 47.0 Å². The zero-order chi connectivity index (χ0) is 10.3. The average molecular weight is 205 g/mol. The number of aromatic nitrogens is 2. The van der Waals surface area contributed by atoms with Crippen LogP contribution in [0.1, 0.15) is 42.3 Å². The molecule has 0 unspecified atom stereocenters. The molecule has 1 aliphatic carbocycles. The molecule has 0 aromatic carbocycles. The first-order valence-electron chi connectivity index (χ1n) is 5.53. The molecule has 1 aliphatic heterocycles. The van der Waals surface area contributed by atoms with E-state index < -0.39 is 0 Å². The van der Waals surface area contributed by atoms with Gasteiger partial charge in [0.2, 0.25) is 5.88 Å². The highest BCUT2D eigenvalue weighted by Gasteiger charge is 2.26. The van der Waals surface area contributed by atoms with E-state index in [0.717, 1.165) is 36.1 Å². The van der Waals surface area contributed by atoms with Crippen molar-refractivity contribution in [2.24, 2.45) is 0 Å². The van der Waals surface area contributed by atoms with Crippen LogP contribution in [0.5, 0.6) is 5.88 Å². The zero-order valence-electron chi connectivity index (χ0n) is 8.92. The Balaban J connectivity index is 2.02. The highest BCUT2D eigenvalue weighted by molar-refractivity contribution is 5.34. The lowest BCUT2D eigenvalue weighted by Gasteiger charge is -2.24. The van der Waals surface area contributed by atoms with Crippen molar-refractivity contribution in [2.45, 2.75) is 38.3 Å². The van der Waals surface area contributed by atoms with Crippen molar-refractivity contribution in [3.63, 3.8) is 0 Å². The average Bonchev–Trinajstić information content (AvgIpc) is 2.61. The fourth-order valence-corrected chi connectivity index (χ4v) is 2.17. The summed E-state index contributed by atoms with van der Waals surface area (Å²) >= 11 is 0. The summed E-state index contributed by atoms with van der Waals surface area (Å²) in [5.41, 5.74) is 2.27. The third-order valence-corrected chi connectivity index (χ3v) is 3.33. The molecule has 3 rings (SSSR count). The first-order chi connectivity index (χ1) is 7.38. The van der Waals surface area contributed by atoms with E-state index in [2.05, 4.69) is 15.3 Å². The van der Waals surface area contributed by atoms with Gasteiger partial charge in [-0.25, -0.2) is 4.98 Å². The fraction of sp³-hybridized carbons (Fsp3) is 0.636. The Morgan fingerprint density at radius 1 is 1.27 bits per heavy atom. The summed E-state index contributed by atoms with van der Waals surface area (Å²) in [6.07, 6.45) is 3.77. The molecule has 0 atom stereocenters. The van der Waals surface area contributed by atoms with Gasteiger partial charge in [-0.3, -0.25) is 0 Å². The van der Waals surface area contributed by atoms with Gasteiger partial charge in [0, 0.05) is 19.0 Å². The molecule has 2 aliphatic rings. The van der Waals surface area contributed by atoms with E-state index in [9.17, 15) is 0 Å². The quantitative estimate of drug-likeness (QED) is 0.791. The maximum atomic E-state index is 5.33. The van der Waals surface area contributed by atoms with Gasteiger partial charge in [0.05, 0.1) is 18.4 Å². The van der Waals surface area contributed by atoms with Crippen LogP contribution in [0.25, 0.3) is 0 Å². The van der Waals surface area contributed by atoms with Crippen molar-refractivity contribution in [2.75, 3.05) is 7.11 Å². The van der Waals surface area contributed by atoms with Crippen molar-refractivity contribution >= 4 is 0 Å². The molecule has 0 amide bonds. The molecule has 0 bridgehead atoms. The number of rotatable bonds is 2. The van der Waals surface area contributed by atoms with Gasteiger partial charge in [0.15, 0.2) is 0 Å². The summed E-state index contributed by atoms with van der Waals surface area (Å²) < 4.78 is 5.33. The second-order valence-electron chi connectivity index (χ2n) is 4.25. The van der Waals surface area contributed by atoms with Gasteiger partial charge in [0.25, 0.3) is 0 Å². The van der Waals surface area contributed by atoms with Crippen molar-refractivity contribution in [3.05, 3.63) is 17.1 Å². The Morgan fingerprint density at radius 3 is 2.80 bits per heavy atom. The van der Waals surface area contributed by atoms with Crippen LogP contribution < -0.4 is 10.1 Å². The first kappa shape index (κ1) is 9.09. The maximum absolute atomic E-state index is 5.33. The van der Waals surface area contributed by atoms with E-state index in [0.29, 0.717) is 5.92 Å². The van der Waals surface area contributed by atoms with E-state index in [4.69, 9.17) is 4.74 Å². The van der Waals surface area contributed by atoms with E-state index >= 15 is 0 Å². The lowest BCUT2D eigenvalue weighted by atomic mass is 9.85. The summed E-state index contributed by atoms with van der Waals surface area (Å²) in [5, 5.41) is 3.28. The summed E-state index contributed by atoms with van der Waals surface area (Å²) in [5.74, 6) is 2.33. The Kier molecular flexibility index (Phi) is 2.09. The molecule has 4 nitrogen and oxygen atoms in total. The van der Waals surface area contributed by atoms with Crippen LogP contribution >= 0.6 is 0 Å². The van der Waals surface area contributed by atoms with Crippen LogP contribution in [0.3, 0.4) is 0 Å². The van der Waals surface area contributed by atoms with Gasteiger partial charge in [-0.1, -0.05) is 6.42 Å². The van der Waals surface area contributed by atoms with E-state index in [1.165, 1.54) is 19.3 Å². The monoisotopic (exact) mass is 205 g/mol. The van der Waals surface area contributed by atoms with E-state index in [1.807, 2.05) is 0 Å². The fourth-order valence-electron chi connectivity index (χ4n) is 2.17. The van der Waals surface area contributed by atoms with Gasteiger partial charge in [-0.05, 0) is 12.8 Å². The number of ether oxygens (including phenoxy) is 1. The molecule has 1 saturated carbocycles. The number of nitrogens with one attached hydrogen (secondary N) is 1. The standard InChI is InChI=1S/C11H15N3O/c1-15-11-8-5-12-6-9(8)13-10(14-11)7-3-2-4-7/h7,12H,2-6H2,1H3. The van der Waals surface area contributed by atoms with E-state index in [1.54, 1.807) is 7.11 Å². The molecule has 1 N–H and O–H groups in total. The Labute approximate surface area is 89.1 Å². The number of nitrogens with zero attached hydrogens (tertiary/aromatic N) is 2. The van der Waals surface area contributed by atoms with Gasteiger partial charge in [-0.2, -0.15) is 4.98 Å². The highest BCUT2D eigenvalue weighted by atomic mass is 16.5. The third-order valence-electron chi connectivity index (χ3n) is 3.33. The van der Waals surface area contributed by atoms with Gasteiger partial charge >= 0.3 is 0 Å². The minimum atomic E-state index is 0.574. The first-order valence-corrected chi connectivity index (χ1v) is 5.53. The molecule has 0 saturated heterocycles. The largest absolute Gasteiger partial charge is 0.481 e. The molecule has 2 heterocycles. The van der Waals surface area contributed by atoms with Crippen molar-refractivity contribution in [1.82, 2.24) is 15.3 Å². The lowest BCUT2D eigenvalue weighted by molar-refractivity contribution is 0.368. The second-order valence-corrected chi connectivity index (χ2v) is 4.25. The van der Waals surface area contributed by atoms with Gasteiger partial charge < -0.3 is 10.1 Å². The van der Waals surface area contributed by atoms with Crippen LogP contribution in [0.2, 0.25) is 0 Å². The van der Waals surface area contributed by atoms with Crippen LogP contribution in [0.4, 0.5) is 0 Å². The SMILES string of the molecule is COc1nc(C2CCC2)nc2c1CNC2. The maximum Gasteiger partial charge on any atom is 0.221 e. The smallest absolute Gasteiger partial charge is 0.221 e. The Morgan fingerprint density at radius 2 is 2.13 bits per heavy atom. The minimum absolute atomic E-state index is 0.574. The zero-order valence-corrected chi connectivity index (χ0v) is 8.92. The van der Waals surface area contributed by atoms with Crippen LogP contribution in [0.15, 0.2) is 0 Å². The van der Waals surface area contributed by atoms with Crippen molar-refractivity contribution in [1.29, 1.82) is 0 Å². The second kappa shape index (κ2) is 3.45. The highest BCUT2D eigenvalue weighted by Crippen LogP contribution is 2.36. The third kappa shape index (κ3) is 1.40. The van der Waals surface area contributed by atoms with Crippen molar-refractivity contribution in [3.8, 4) is 5.88 Å². The molecule has 1 fully saturated rings. The summed E-state index contributed by atoms with van der Waals surface area (Å²) in [6.45, 7) is 1.69. The molecule has 80 valence electrons. The predicted octanol–water partition coefficient (Wildman–Crippen LogP) is 1.36. The predicted molar refractivity (Wildman–Crippen MR) is 55.7 cm³/mol. The van der Waals surface area contributed by atoms with Crippen LogP contribution in [-0.2, 0) is 13.1 Å². The molecule has 1 aromatic heterocycles. The summed E-state index contributed by atoms with van der Waals surface area (Å²) in [7, 11) is 1.69. The minimum Gasteiger partial charge on any atom is -0.481 e. The summed E-state index contributed by atoms with van der Waals surface area (Å²) in [4.78, 5) is 9.14. The normalized spacial score (nSPS) is 19.8. The molecule has 0 radical (unpaired) electrons. The summed E-state index contributed by atoms with van der Waals surface area (Å²) in [6, 6.07) is 0. The Hall–Kier alpha value is -1.16. The molecule has 1 aromatic rings. The number of methoxy groups -OCH3 is 1.